The fourth-order valence-electron chi connectivity index (χ4n) is 3.56. The molecule has 3 aromatic rings. The first-order valence-corrected chi connectivity index (χ1v) is 9.65. The van der Waals surface area contributed by atoms with Gasteiger partial charge in [-0.2, -0.15) is 0 Å². The Bertz CT molecular complexity index is 967. The average Bonchev–Trinajstić information content (AvgIpc) is 3.23. The summed E-state index contributed by atoms with van der Waals surface area (Å²) in [5.41, 5.74) is 3.02. The molecule has 1 aromatic heterocycles. The Hall–Kier alpha value is -3.05. The first-order chi connectivity index (χ1) is 13.7. The van der Waals surface area contributed by atoms with Crippen LogP contribution in [0.4, 0.5) is 5.69 Å². The van der Waals surface area contributed by atoms with Crippen molar-refractivity contribution in [2.45, 2.75) is 19.1 Å². The number of likely N-dealkylation sites (N-methyl/N-ethyl adjacent to an activating group) is 1. The van der Waals surface area contributed by atoms with Gasteiger partial charge in [0.05, 0.1) is 0 Å². The van der Waals surface area contributed by atoms with Gasteiger partial charge in [0.15, 0.2) is 0 Å². The lowest BCUT2D eigenvalue weighted by molar-refractivity contribution is 0.305. The van der Waals surface area contributed by atoms with Gasteiger partial charge in [-0.3, -0.25) is 9.36 Å². The van der Waals surface area contributed by atoms with Gasteiger partial charge in [0.1, 0.15) is 12.4 Å². The van der Waals surface area contributed by atoms with Gasteiger partial charge in [0, 0.05) is 42.8 Å². The van der Waals surface area contributed by atoms with Crippen molar-refractivity contribution in [3.8, 4) is 11.4 Å². The van der Waals surface area contributed by atoms with Crippen molar-refractivity contribution in [1.29, 1.82) is 0 Å². The minimum Gasteiger partial charge on any atom is -0.489 e. The van der Waals surface area contributed by atoms with Gasteiger partial charge in [-0.15, -0.1) is 0 Å². The second-order valence-electron chi connectivity index (χ2n) is 7.08. The molecular weight excluding hydrogens is 350 g/mol. The number of aromatic nitrogens is 1. The molecule has 1 atom stereocenters. The summed E-state index contributed by atoms with van der Waals surface area (Å²) >= 11 is 0. The van der Waals surface area contributed by atoms with Crippen LogP contribution in [0.3, 0.4) is 0 Å². The number of hydrogen-bond donors (Lipinski definition) is 1. The van der Waals surface area contributed by atoms with E-state index in [0.717, 1.165) is 30.8 Å². The Labute approximate surface area is 165 Å². The number of pyridine rings is 1. The summed E-state index contributed by atoms with van der Waals surface area (Å²) in [6.45, 7) is 2.52. The molecule has 0 bridgehead atoms. The van der Waals surface area contributed by atoms with E-state index in [2.05, 4.69) is 22.3 Å². The molecular formula is C23H25N3O2. The molecule has 0 aliphatic carbocycles. The first kappa shape index (κ1) is 18.3. The average molecular weight is 375 g/mol. The zero-order valence-electron chi connectivity index (χ0n) is 16.0. The Balaban J connectivity index is 1.45. The molecule has 2 heterocycles. The molecule has 0 spiro atoms. The fourth-order valence-corrected chi connectivity index (χ4v) is 3.56. The van der Waals surface area contributed by atoms with E-state index in [1.165, 1.54) is 11.8 Å². The van der Waals surface area contributed by atoms with Crippen LogP contribution in [0.1, 0.15) is 12.0 Å². The fraction of sp³-hybridized carbons (Fsp3) is 0.261. The van der Waals surface area contributed by atoms with E-state index >= 15 is 0 Å². The zero-order chi connectivity index (χ0) is 19.3. The summed E-state index contributed by atoms with van der Waals surface area (Å²) in [7, 11) is 2.01. The lowest BCUT2D eigenvalue weighted by atomic mass is 10.2. The van der Waals surface area contributed by atoms with E-state index in [0.29, 0.717) is 18.4 Å². The quantitative estimate of drug-likeness (QED) is 0.719. The van der Waals surface area contributed by atoms with Crippen LogP contribution in [0.25, 0.3) is 5.69 Å². The van der Waals surface area contributed by atoms with Crippen molar-refractivity contribution in [3.05, 3.63) is 88.8 Å². The molecule has 144 valence electrons. The van der Waals surface area contributed by atoms with Crippen LogP contribution in [-0.2, 0) is 6.61 Å². The first-order valence-electron chi connectivity index (χ1n) is 9.65. The lowest BCUT2D eigenvalue weighted by Gasteiger charge is -2.19. The summed E-state index contributed by atoms with van der Waals surface area (Å²) in [6, 6.07) is 22.0. The Morgan fingerprint density at radius 3 is 2.46 bits per heavy atom. The van der Waals surface area contributed by atoms with E-state index in [-0.39, 0.29) is 5.56 Å². The van der Waals surface area contributed by atoms with Gasteiger partial charge in [-0.25, -0.2) is 0 Å². The monoisotopic (exact) mass is 375 g/mol. The number of benzene rings is 2. The van der Waals surface area contributed by atoms with Crippen molar-refractivity contribution in [2.24, 2.45) is 0 Å². The van der Waals surface area contributed by atoms with E-state index in [4.69, 9.17) is 4.74 Å². The standard InChI is InChI=1S/C23H25N3O2/c1-24-19-11-13-25(16-19)20-7-9-21(10-8-20)26-14-12-22(15-23(26)27)28-17-18-5-3-2-4-6-18/h2-10,12,14-15,19,24H,11,13,16-17H2,1H3/t19-/m1/s1. The predicted octanol–water partition coefficient (Wildman–Crippen LogP) is 3.21. The SMILES string of the molecule is CN[C@@H]1CCN(c2ccc(-n3ccc(OCc4ccccc4)cc3=O)cc2)C1. The van der Waals surface area contributed by atoms with Gasteiger partial charge < -0.3 is 15.0 Å². The third-order valence-electron chi connectivity index (χ3n) is 5.23. The largest absolute Gasteiger partial charge is 0.489 e. The number of ether oxygens (including phenoxy) is 1. The normalized spacial score (nSPS) is 16.3. The highest BCUT2D eigenvalue weighted by molar-refractivity contribution is 5.52. The molecule has 28 heavy (non-hydrogen) atoms. The number of nitrogens with one attached hydrogen (secondary N) is 1. The molecule has 0 radical (unpaired) electrons. The summed E-state index contributed by atoms with van der Waals surface area (Å²) in [4.78, 5) is 14.9. The minimum atomic E-state index is -0.102. The summed E-state index contributed by atoms with van der Waals surface area (Å²) < 4.78 is 7.38. The molecule has 1 aliphatic heterocycles. The topological polar surface area (TPSA) is 46.5 Å². The predicted molar refractivity (Wildman–Crippen MR) is 112 cm³/mol. The second-order valence-corrected chi connectivity index (χ2v) is 7.08. The highest BCUT2D eigenvalue weighted by atomic mass is 16.5. The van der Waals surface area contributed by atoms with Crippen LogP contribution >= 0.6 is 0 Å². The van der Waals surface area contributed by atoms with Crippen molar-refractivity contribution in [1.82, 2.24) is 9.88 Å². The summed E-state index contributed by atoms with van der Waals surface area (Å²) in [5.74, 6) is 0.580. The Kier molecular flexibility index (Phi) is 5.44. The lowest BCUT2D eigenvalue weighted by Crippen LogP contribution is -2.29. The third-order valence-corrected chi connectivity index (χ3v) is 5.23. The van der Waals surface area contributed by atoms with Crippen LogP contribution in [0.15, 0.2) is 77.7 Å². The van der Waals surface area contributed by atoms with Crippen molar-refractivity contribution in [2.75, 3.05) is 25.0 Å². The molecule has 1 aliphatic rings. The van der Waals surface area contributed by atoms with Crippen LogP contribution in [0, 0.1) is 0 Å². The number of rotatable bonds is 6. The van der Waals surface area contributed by atoms with Crippen LogP contribution in [-0.4, -0.2) is 30.7 Å². The minimum absolute atomic E-state index is 0.102. The molecule has 4 rings (SSSR count). The smallest absolute Gasteiger partial charge is 0.258 e. The summed E-state index contributed by atoms with van der Waals surface area (Å²) in [6.07, 6.45) is 2.92. The molecule has 5 nitrogen and oxygen atoms in total. The molecule has 0 unspecified atom stereocenters. The van der Waals surface area contributed by atoms with Crippen molar-refractivity contribution in [3.63, 3.8) is 0 Å². The number of anilines is 1. The van der Waals surface area contributed by atoms with E-state index in [1.54, 1.807) is 10.8 Å². The number of hydrogen-bond acceptors (Lipinski definition) is 4. The number of nitrogens with zero attached hydrogens (tertiary/aromatic N) is 2. The maximum atomic E-state index is 12.5. The molecule has 2 aromatic carbocycles. The van der Waals surface area contributed by atoms with Gasteiger partial charge >= 0.3 is 0 Å². The Morgan fingerprint density at radius 1 is 1.04 bits per heavy atom. The van der Waals surface area contributed by atoms with Gasteiger partial charge in [0.25, 0.3) is 5.56 Å². The van der Waals surface area contributed by atoms with Gasteiger partial charge in [-0.05, 0) is 49.4 Å². The van der Waals surface area contributed by atoms with Crippen molar-refractivity contribution >= 4 is 5.69 Å². The van der Waals surface area contributed by atoms with Crippen LogP contribution in [0.5, 0.6) is 5.75 Å². The van der Waals surface area contributed by atoms with E-state index in [1.807, 2.05) is 55.6 Å². The highest BCUT2D eigenvalue weighted by Crippen LogP contribution is 2.22. The third kappa shape index (κ3) is 4.10. The molecule has 1 saturated heterocycles. The summed E-state index contributed by atoms with van der Waals surface area (Å²) in [5, 5.41) is 3.34. The maximum Gasteiger partial charge on any atom is 0.258 e. The highest BCUT2D eigenvalue weighted by Gasteiger charge is 2.20. The molecule has 1 fully saturated rings. The molecule has 1 N–H and O–H groups in total. The van der Waals surface area contributed by atoms with Crippen LogP contribution < -0.4 is 20.5 Å². The van der Waals surface area contributed by atoms with Crippen LogP contribution in [0.2, 0.25) is 0 Å². The van der Waals surface area contributed by atoms with Gasteiger partial charge in [0.2, 0.25) is 0 Å². The van der Waals surface area contributed by atoms with E-state index in [9.17, 15) is 4.79 Å². The zero-order valence-corrected chi connectivity index (χ0v) is 16.0. The van der Waals surface area contributed by atoms with Gasteiger partial charge in [-0.1, -0.05) is 30.3 Å². The Morgan fingerprint density at radius 2 is 1.79 bits per heavy atom. The molecule has 5 heteroatoms. The second kappa shape index (κ2) is 8.31. The van der Waals surface area contributed by atoms with E-state index < -0.39 is 0 Å². The maximum absolute atomic E-state index is 12.5. The van der Waals surface area contributed by atoms with Crippen molar-refractivity contribution < 1.29 is 4.74 Å². The molecule has 0 saturated carbocycles. The molecule has 0 amide bonds.